The van der Waals surface area contributed by atoms with Gasteiger partial charge >= 0.3 is 6.18 Å². The lowest BCUT2D eigenvalue weighted by Crippen LogP contribution is -2.14. The minimum atomic E-state index is -4.61. The Bertz CT molecular complexity index is 6110. The number of sulfonamides is 4. The van der Waals surface area contributed by atoms with E-state index < -0.39 is 52.1 Å². The molecule has 6 N–H and O–H groups in total. The summed E-state index contributed by atoms with van der Waals surface area (Å²) in [5.74, 6) is 1.37. The first kappa shape index (κ1) is 76.2. The van der Waals surface area contributed by atoms with E-state index in [4.69, 9.17) is 46.4 Å². The van der Waals surface area contributed by atoms with E-state index in [2.05, 4.69) is 82.2 Å². The zero-order valence-corrected chi connectivity index (χ0v) is 63.1. The van der Waals surface area contributed by atoms with Gasteiger partial charge in [-0.25, -0.2) is 53.6 Å². The van der Waals surface area contributed by atoms with Crippen LogP contribution in [0.3, 0.4) is 0 Å². The van der Waals surface area contributed by atoms with Crippen LogP contribution in [0, 0.1) is 48.5 Å². The van der Waals surface area contributed by atoms with Gasteiger partial charge in [-0.3, -0.25) is 18.9 Å². The maximum absolute atomic E-state index is 12.9. The highest BCUT2D eigenvalue weighted by Crippen LogP contribution is 2.34. The fourth-order valence-corrected chi connectivity index (χ4v) is 17.5. The molecule has 0 unspecified atom stereocenters. The normalized spacial score (nSPS) is 11.9. The number of aromatic nitrogens is 8. The molecule has 0 amide bonds. The molecule has 0 radical (unpaired) electrons. The van der Waals surface area contributed by atoms with Crippen LogP contribution in [-0.2, 0) is 59.4 Å². The molecule has 0 fully saturated rings. The summed E-state index contributed by atoms with van der Waals surface area (Å²) >= 11 is 24.1. The van der Waals surface area contributed by atoms with Crippen LogP contribution >= 0.6 is 46.4 Å². The lowest BCUT2D eigenvalue weighted by molar-refractivity contribution is -0.144. The Balaban J connectivity index is 0.000000141. The molecule has 0 aliphatic rings. The molecule has 10 aromatic carbocycles. The van der Waals surface area contributed by atoms with Crippen molar-refractivity contribution < 1.29 is 46.8 Å². The zero-order chi connectivity index (χ0) is 75.5. The predicted molar refractivity (Wildman–Crippen MR) is 410 cm³/mol. The standard InChI is InChI=1S/2C22H20ClN3O2S.C15H11ClF3N3O2S.C15H14ClN3O2S/c1-15-19(23)9-6-10-22(15)29(27,28)25-18-11-12-21-20(13-18)24-16(2)26(21)14-17-7-4-3-5-8-17;1-15-19(23)9-6-10-22(15)29(27,28)25-18-11-12-20-21(13-18)26(16(2)24-20)14-17-7-4-3-5-8-17;1-8-10(16)3-2-4-13(8)25(23,24)22-9-5-6-11-12(7-9)21-14(20-11)15(17,18)19;1-9-12(16)4-3-5-15(9)22(20,21)19-11-6-7-13-14(8-11)18-10(2)17-13/h2*3-13,25H,14H2,1-2H3;2-7,22H,1H3,(H,20,21);3-8,19H,1-2H3,(H,17,18). The Labute approximate surface area is 623 Å². The first-order valence-corrected chi connectivity index (χ1v) is 39.3. The Morgan fingerprint density at radius 3 is 1.11 bits per heavy atom. The molecular weight excluding hydrogens is 1510 g/mol. The van der Waals surface area contributed by atoms with E-state index in [0.717, 1.165) is 56.1 Å². The minimum absolute atomic E-state index is 0.0133. The van der Waals surface area contributed by atoms with E-state index in [-0.39, 0.29) is 36.3 Å². The third-order valence-electron chi connectivity index (χ3n) is 16.6. The molecule has 4 aromatic heterocycles. The molecule has 0 bridgehead atoms. The summed E-state index contributed by atoms with van der Waals surface area (Å²) in [6, 6.07) is 59.0. The highest BCUT2D eigenvalue weighted by atomic mass is 35.5. The van der Waals surface area contributed by atoms with Crippen molar-refractivity contribution in [2.24, 2.45) is 0 Å². The van der Waals surface area contributed by atoms with Gasteiger partial charge in [0.25, 0.3) is 40.1 Å². The number of nitrogens with one attached hydrogen (secondary N) is 6. The number of aromatic amines is 2. The average Bonchev–Trinajstić information content (AvgIpc) is 1.62. The van der Waals surface area contributed by atoms with Crippen LogP contribution in [0.5, 0.6) is 0 Å². The Kier molecular flexibility index (Phi) is 22.5. The van der Waals surface area contributed by atoms with Gasteiger partial charge in [0.1, 0.15) is 17.5 Å². The van der Waals surface area contributed by atoms with Gasteiger partial charge < -0.3 is 19.1 Å². The van der Waals surface area contributed by atoms with Crippen LogP contribution in [0.1, 0.15) is 56.7 Å². The van der Waals surface area contributed by atoms with Gasteiger partial charge in [-0.05, 0) is 203 Å². The van der Waals surface area contributed by atoms with Crippen molar-refractivity contribution >= 4 is 153 Å². The quantitative estimate of drug-likeness (QED) is 0.0527. The van der Waals surface area contributed by atoms with E-state index in [0.29, 0.717) is 72.5 Å². The molecule has 0 saturated carbocycles. The topological polar surface area (TPSA) is 278 Å². The lowest BCUT2D eigenvalue weighted by atomic mass is 10.2. The molecule has 0 aliphatic carbocycles. The van der Waals surface area contributed by atoms with Gasteiger partial charge in [-0.1, -0.05) is 131 Å². The van der Waals surface area contributed by atoms with Crippen molar-refractivity contribution in [3.05, 3.63) is 283 Å². The largest absolute Gasteiger partial charge is 0.449 e. The number of rotatable bonds is 16. The van der Waals surface area contributed by atoms with Gasteiger partial charge in [0.05, 0.1) is 86.5 Å². The van der Waals surface area contributed by atoms with E-state index in [9.17, 15) is 46.8 Å². The van der Waals surface area contributed by atoms with Crippen molar-refractivity contribution in [1.29, 1.82) is 0 Å². The number of hydrogen-bond donors (Lipinski definition) is 6. The molecule has 542 valence electrons. The first-order valence-electron chi connectivity index (χ1n) is 31.8. The number of hydrogen-bond acceptors (Lipinski definition) is 12. The molecular formula is C74H65Cl4F3N12O8S4. The summed E-state index contributed by atoms with van der Waals surface area (Å²) in [7, 11) is -15.2. The van der Waals surface area contributed by atoms with E-state index >= 15 is 0 Å². The minimum Gasteiger partial charge on any atom is -0.342 e. The van der Waals surface area contributed by atoms with Gasteiger partial charge in [0, 0.05) is 33.2 Å². The van der Waals surface area contributed by atoms with E-state index in [1.807, 2.05) is 75.4 Å². The molecule has 4 heterocycles. The van der Waals surface area contributed by atoms with Crippen LogP contribution in [-0.4, -0.2) is 72.7 Å². The van der Waals surface area contributed by atoms with Crippen LogP contribution in [0.25, 0.3) is 44.1 Å². The number of imidazole rings is 4. The third kappa shape index (κ3) is 17.7. The second-order valence-corrected chi connectivity index (χ2v) is 32.3. The fraction of sp³-hybridized carbons (Fsp3) is 0.135. The van der Waals surface area contributed by atoms with Crippen molar-refractivity contribution in [3.63, 3.8) is 0 Å². The van der Waals surface area contributed by atoms with Crippen molar-refractivity contribution in [2.45, 2.75) is 87.3 Å². The molecule has 0 aliphatic heterocycles. The number of benzene rings is 10. The molecule has 0 saturated heterocycles. The summed E-state index contributed by atoms with van der Waals surface area (Å²) < 4.78 is 154. The number of fused-ring (bicyclic) bond motifs is 4. The fourth-order valence-electron chi connectivity index (χ4n) is 11.3. The Morgan fingerprint density at radius 2 is 0.705 bits per heavy atom. The van der Waals surface area contributed by atoms with Gasteiger partial charge in [0.2, 0.25) is 5.82 Å². The molecule has 105 heavy (non-hydrogen) atoms. The van der Waals surface area contributed by atoms with Crippen LogP contribution < -0.4 is 18.9 Å². The van der Waals surface area contributed by atoms with E-state index in [1.54, 1.807) is 119 Å². The molecule has 14 aromatic rings. The van der Waals surface area contributed by atoms with Crippen LogP contribution in [0.2, 0.25) is 20.1 Å². The van der Waals surface area contributed by atoms with Crippen molar-refractivity contribution in [3.8, 4) is 0 Å². The predicted octanol–water partition coefficient (Wildman–Crippen LogP) is 18.3. The summed E-state index contributed by atoms with van der Waals surface area (Å²) in [6.07, 6.45) is -4.61. The number of halogens is 7. The zero-order valence-electron chi connectivity index (χ0n) is 56.8. The Morgan fingerprint density at radius 1 is 0.362 bits per heavy atom. The molecule has 31 heteroatoms. The summed E-state index contributed by atoms with van der Waals surface area (Å²) in [4.78, 5) is 22.6. The monoisotopic (exact) mass is 1570 g/mol. The van der Waals surface area contributed by atoms with Gasteiger partial charge in [-0.2, -0.15) is 13.2 Å². The smallest absolute Gasteiger partial charge is 0.342 e. The summed E-state index contributed by atoms with van der Waals surface area (Å²) in [5.41, 5.74) is 10.9. The third-order valence-corrected chi connectivity index (χ3v) is 24.4. The maximum Gasteiger partial charge on any atom is 0.449 e. The average molecular weight is 1580 g/mol. The summed E-state index contributed by atoms with van der Waals surface area (Å²) in [5, 5.41) is 1.54. The van der Waals surface area contributed by atoms with E-state index in [1.165, 1.54) is 42.0 Å². The molecule has 0 atom stereocenters. The van der Waals surface area contributed by atoms with Crippen molar-refractivity contribution in [2.75, 3.05) is 18.9 Å². The number of nitrogens with zero attached hydrogens (tertiary/aromatic N) is 6. The summed E-state index contributed by atoms with van der Waals surface area (Å²) in [6.45, 7) is 13.7. The number of H-pyrrole nitrogens is 2. The molecule has 14 rings (SSSR count). The highest BCUT2D eigenvalue weighted by molar-refractivity contribution is 7.93. The molecule has 20 nitrogen and oxygen atoms in total. The SMILES string of the molecule is Cc1c(Cl)cccc1S(=O)(=O)Nc1ccc2c(c1)nc(C)n2Cc1ccccc1.Cc1c(Cl)cccc1S(=O)(=O)Nc1ccc2nc(C(F)(F)F)[nH]c2c1.Cc1c(Cl)cccc1S(=O)(=O)Nc1ccc2nc(C)n(Cc3ccccc3)c2c1.Cc1nc2ccc(NS(=O)(=O)c3cccc(Cl)c3C)cc2[nH]1. The second-order valence-electron chi connectivity index (χ2n) is 24.1. The number of aryl methyl sites for hydroxylation is 3. The number of alkyl halides is 3. The van der Waals surface area contributed by atoms with Gasteiger partial charge in [0.15, 0.2) is 0 Å². The van der Waals surface area contributed by atoms with Gasteiger partial charge in [-0.15, -0.1) is 0 Å². The molecule has 0 spiro atoms. The van der Waals surface area contributed by atoms with Crippen molar-refractivity contribution in [1.82, 2.24) is 39.0 Å². The van der Waals surface area contributed by atoms with Crippen LogP contribution in [0.4, 0.5) is 35.9 Å². The first-order chi connectivity index (χ1) is 49.6. The lowest BCUT2D eigenvalue weighted by Gasteiger charge is -2.12. The highest BCUT2D eigenvalue weighted by Gasteiger charge is 2.35. The van der Waals surface area contributed by atoms with Crippen LogP contribution in [0.15, 0.2) is 226 Å². The second kappa shape index (κ2) is 31.0. The maximum atomic E-state index is 12.9. The number of anilines is 4. The Hall–Kier alpha value is -9.97.